The molecule has 2 N–H and O–H groups in total. The molecule has 6 heteroatoms. The van der Waals surface area contributed by atoms with Gasteiger partial charge in [-0.1, -0.05) is 0 Å². The number of benzene rings is 2. The van der Waals surface area contributed by atoms with Gasteiger partial charge in [0.05, 0.1) is 10.0 Å². The van der Waals surface area contributed by atoms with Gasteiger partial charge in [-0.3, -0.25) is 0 Å². The van der Waals surface area contributed by atoms with E-state index < -0.39 is 23.5 Å². The van der Waals surface area contributed by atoms with Crippen LogP contribution in [-0.2, 0) is 6.61 Å². The van der Waals surface area contributed by atoms with Crippen molar-refractivity contribution < 1.29 is 17.9 Å². The summed E-state index contributed by atoms with van der Waals surface area (Å²) in [6, 6.07) is 5.79. The maximum Gasteiger partial charge on any atom is 0.146 e. The van der Waals surface area contributed by atoms with Gasteiger partial charge in [-0.15, -0.1) is 0 Å². The predicted molar refractivity (Wildman–Crippen MR) is 77.4 cm³/mol. The minimum Gasteiger partial charge on any atom is -0.488 e. The second-order valence-electron chi connectivity index (χ2n) is 4.58. The van der Waals surface area contributed by atoms with Crippen LogP contribution >= 0.6 is 15.9 Å². The lowest BCUT2D eigenvalue weighted by atomic mass is 10.1. The average Bonchev–Trinajstić information content (AvgIpc) is 2.44. The Morgan fingerprint density at radius 2 is 1.90 bits per heavy atom. The topological polar surface area (TPSA) is 35.2 Å². The highest BCUT2D eigenvalue weighted by molar-refractivity contribution is 9.10. The molecule has 0 heterocycles. The molecule has 2 nitrogen and oxygen atoms in total. The van der Waals surface area contributed by atoms with Gasteiger partial charge >= 0.3 is 0 Å². The van der Waals surface area contributed by atoms with Crippen molar-refractivity contribution in [3.63, 3.8) is 0 Å². The Kier molecular flexibility index (Phi) is 4.90. The van der Waals surface area contributed by atoms with Gasteiger partial charge in [0.15, 0.2) is 0 Å². The van der Waals surface area contributed by atoms with Gasteiger partial charge in [-0.25, -0.2) is 13.2 Å². The van der Waals surface area contributed by atoms with Crippen LogP contribution in [0.25, 0.3) is 0 Å². The van der Waals surface area contributed by atoms with Crippen LogP contribution in [-0.4, -0.2) is 0 Å². The van der Waals surface area contributed by atoms with Crippen LogP contribution in [0.15, 0.2) is 34.8 Å². The van der Waals surface area contributed by atoms with Crippen LogP contribution in [0.1, 0.15) is 24.1 Å². The molecule has 2 aromatic carbocycles. The summed E-state index contributed by atoms with van der Waals surface area (Å²) in [5.74, 6) is -1.58. The Morgan fingerprint density at radius 1 is 1.19 bits per heavy atom. The molecular formula is C15H13BrF3NO. The minimum atomic E-state index is -0.723. The normalized spacial score (nSPS) is 12.3. The molecule has 0 aromatic heterocycles. The Labute approximate surface area is 128 Å². The SMILES string of the molecule is CC(N)c1cc(F)ccc1OCc1c(F)ccc(Br)c1F. The number of ether oxygens (including phenoxy) is 1. The zero-order chi connectivity index (χ0) is 15.6. The van der Waals surface area contributed by atoms with Crippen LogP contribution in [0.4, 0.5) is 13.2 Å². The summed E-state index contributed by atoms with van der Waals surface area (Å²) in [5, 5.41) is 0. The van der Waals surface area contributed by atoms with Crippen LogP contribution < -0.4 is 10.5 Å². The van der Waals surface area contributed by atoms with Gasteiger partial charge in [-0.05, 0) is 53.2 Å². The summed E-state index contributed by atoms with van der Waals surface area (Å²) in [5.41, 5.74) is 5.97. The average molecular weight is 360 g/mol. The van der Waals surface area contributed by atoms with Crippen molar-refractivity contribution in [1.29, 1.82) is 0 Å². The highest BCUT2D eigenvalue weighted by atomic mass is 79.9. The van der Waals surface area contributed by atoms with Gasteiger partial charge in [0.1, 0.15) is 29.8 Å². The van der Waals surface area contributed by atoms with Gasteiger partial charge in [0, 0.05) is 11.6 Å². The van der Waals surface area contributed by atoms with E-state index in [2.05, 4.69) is 15.9 Å². The second kappa shape index (κ2) is 6.49. The van der Waals surface area contributed by atoms with E-state index in [4.69, 9.17) is 10.5 Å². The second-order valence-corrected chi connectivity index (χ2v) is 5.44. The number of hydrogen-bond donors (Lipinski definition) is 1. The van der Waals surface area contributed by atoms with Crippen LogP contribution in [0.3, 0.4) is 0 Å². The minimum absolute atomic E-state index is 0.147. The molecule has 0 fully saturated rings. The third-order valence-electron chi connectivity index (χ3n) is 2.97. The molecule has 1 unspecified atom stereocenters. The van der Waals surface area contributed by atoms with Crippen LogP contribution in [0, 0.1) is 17.5 Å². The molecule has 1 atom stereocenters. The summed E-state index contributed by atoms with van der Waals surface area (Å²) < 4.78 is 46.2. The van der Waals surface area contributed by atoms with Crippen LogP contribution in [0.2, 0.25) is 0 Å². The largest absolute Gasteiger partial charge is 0.488 e. The van der Waals surface area contributed by atoms with Crippen molar-refractivity contribution in [3.05, 3.63) is 63.4 Å². The quantitative estimate of drug-likeness (QED) is 0.817. The summed E-state index contributed by atoms with van der Waals surface area (Å²) in [7, 11) is 0. The Hall–Kier alpha value is -1.53. The number of hydrogen-bond acceptors (Lipinski definition) is 2. The molecule has 0 saturated carbocycles. The highest BCUT2D eigenvalue weighted by Gasteiger charge is 2.15. The van der Waals surface area contributed by atoms with E-state index in [0.717, 1.165) is 6.07 Å². The molecule has 0 amide bonds. The van der Waals surface area contributed by atoms with E-state index in [1.807, 2.05) is 0 Å². The standard InChI is InChI=1S/C15H13BrF3NO/c1-8(20)10-6-9(17)2-5-14(10)21-7-11-13(18)4-3-12(16)15(11)19/h2-6,8H,7,20H2,1H3. The molecule has 0 saturated heterocycles. The van der Waals surface area contributed by atoms with E-state index in [9.17, 15) is 13.2 Å². The van der Waals surface area contributed by atoms with Gasteiger partial charge in [0.25, 0.3) is 0 Å². The number of rotatable bonds is 4. The van der Waals surface area contributed by atoms with Gasteiger partial charge < -0.3 is 10.5 Å². The molecule has 112 valence electrons. The lowest BCUT2D eigenvalue weighted by Gasteiger charge is -2.15. The number of halogens is 4. The fraction of sp³-hybridized carbons (Fsp3) is 0.200. The van der Waals surface area contributed by atoms with Crippen molar-refractivity contribution in [2.75, 3.05) is 0 Å². The van der Waals surface area contributed by atoms with Crippen molar-refractivity contribution in [2.45, 2.75) is 19.6 Å². The molecular weight excluding hydrogens is 347 g/mol. The Bertz CT molecular complexity index is 662. The first-order valence-corrected chi connectivity index (χ1v) is 6.99. The predicted octanol–water partition coefficient (Wildman–Crippen LogP) is 4.47. The lowest BCUT2D eigenvalue weighted by Crippen LogP contribution is -2.09. The molecule has 2 aromatic rings. The van der Waals surface area contributed by atoms with E-state index in [1.165, 1.54) is 24.3 Å². The molecule has 0 spiro atoms. The van der Waals surface area contributed by atoms with E-state index in [-0.39, 0.29) is 16.6 Å². The van der Waals surface area contributed by atoms with Crippen molar-refractivity contribution in [3.8, 4) is 5.75 Å². The molecule has 2 rings (SSSR count). The number of nitrogens with two attached hydrogens (primary N) is 1. The van der Waals surface area contributed by atoms with Crippen molar-refractivity contribution in [1.82, 2.24) is 0 Å². The monoisotopic (exact) mass is 359 g/mol. The summed E-state index contributed by atoms with van der Waals surface area (Å²) in [6.45, 7) is 1.35. The summed E-state index contributed by atoms with van der Waals surface area (Å²) in [6.07, 6.45) is 0. The summed E-state index contributed by atoms with van der Waals surface area (Å²) in [4.78, 5) is 0. The first kappa shape index (κ1) is 15.9. The van der Waals surface area contributed by atoms with Crippen molar-refractivity contribution >= 4 is 15.9 Å². The zero-order valence-electron chi connectivity index (χ0n) is 11.2. The van der Waals surface area contributed by atoms with E-state index in [0.29, 0.717) is 11.3 Å². The zero-order valence-corrected chi connectivity index (χ0v) is 12.8. The summed E-state index contributed by atoms with van der Waals surface area (Å²) >= 11 is 2.99. The molecule has 0 aliphatic heterocycles. The smallest absolute Gasteiger partial charge is 0.146 e. The fourth-order valence-corrected chi connectivity index (χ4v) is 2.23. The van der Waals surface area contributed by atoms with Crippen LogP contribution in [0.5, 0.6) is 5.75 Å². The maximum atomic E-state index is 13.8. The van der Waals surface area contributed by atoms with Gasteiger partial charge in [0.2, 0.25) is 0 Å². The molecule has 0 aliphatic carbocycles. The van der Waals surface area contributed by atoms with Crippen molar-refractivity contribution in [2.24, 2.45) is 5.73 Å². The Morgan fingerprint density at radius 3 is 2.57 bits per heavy atom. The van der Waals surface area contributed by atoms with Gasteiger partial charge in [-0.2, -0.15) is 0 Å². The molecule has 0 radical (unpaired) electrons. The first-order chi connectivity index (χ1) is 9.90. The lowest BCUT2D eigenvalue weighted by molar-refractivity contribution is 0.287. The fourth-order valence-electron chi connectivity index (χ4n) is 1.86. The molecule has 21 heavy (non-hydrogen) atoms. The van der Waals surface area contributed by atoms with E-state index in [1.54, 1.807) is 6.92 Å². The highest BCUT2D eigenvalue weighted by Crippen LogP contribution is 2.27. The first-order valence-electron chi connectivity index (χ1n) is 6.20. The third-order valence-corrected chi connectivity index (χ3v) is 3.59. The molecule has 0 aliphatic rings. The maximum absolute atomic E-state index is 13.8. The van der Waals surface area contributed by atoms with E-state index >= 15 is 0 Å². The Balaban J connectivity index is 2.27. The molecule has 0 bridgehead atoms. The third kappa shape index (κ3) is 3.57.